The van der Waals surface area contributed by atoms with Gasteiger partial charge < -0.3 is 25.4 Å². The molecule has 0 aliphatic carbocycles. The zero-order chi connectivity index (χ0) is 27.2. The Morgan fingerprint density at radius 2 is 1.62 bits per heavy atom. The van der Waals surface area contributed by atoms with Crippen LogP contribution in [0, 0.1) is 0 Å². The standard InChI is InChI=1S/C28H30N6O4S/c1-37-20-14-19(15-21(17-20)38-2)30-26-27(33-24-11-4-3-10-23(24)32-26)34-39(36)22-9-7-8-18(16-22)31-28(35)25-12-5-6-13-29-25/h3-4,7-11,14-17,25,29H,5-6,12-13H2,1-2H3,(H,30,32)(H,31,35)(H,33,34). The quantitative estimate of drug-likeness (QED) is 0.240. The Balaban J connectivity index is 1.40. The fourth-order valence-electron chi connectivity index (χ4n) is 4.32. The number of hydrogen-bond acceptors (Lipinski definition) is 8. The van der Waals surface area contributed by atoms with Gasteiger partial charge >= 0.3 is 0 Å². The Bertz CT molecular complexity index is 1490. The molecule has 1 aliphatic heterocycles. The molecule has 0 radical (unpaired) electrons. The highest BCUT2D eigenvalue weighted by Crippen LogP contribution is 2.31. The van der Waals surface area contributed by atoms with Crippen LogP contribution in [0.5, 0.6) is 11.5 Å². The van der Waals surface area contributed by atoms with Gasteiger partial charge in [-0.05, 0) is 49.7 Å². The minimum absolute atomic E-state index is 0.0915. The van der Waals surface area contributed by atoms with Crippen LogP contribution in [-0.4, -0.2) is 46.9 Å². The Morgan fingerprint density at radius 1 is 0.897 bits per heavy atom. The lowest BCUT2D eigenvalue weighted by Crippen LogP contribution is -2.43. The lowest BCUT2D eigenvalue weighted by atomic mass is 10.0. The lowest BCUT2D eigenvalue weighted by Gasteiger charge is -2.22. The van der Waals surface area contributed by atoms with Gasteiger partial charge in [-0.2, -0.15) is 0 Å². The second kappa shape index (κ2) is 12.1. The number of fused-ring (bicyclic) bond motifs is 1. The van der Waals surface area contributed by atoms with Gasteiger partial charge in [-0.25, -0.2) is 14.2 Å². The molecule has 0 bridgehead atoms. The van der Waals surface area contributed by atoms with E-state index in [2.05, 4.69) is 25.7 Å². The normalized spacial score (nSPS) is 15.8. The first kappa shape index (κ1) is 26.4. The predicted molar refractivity (Wildman–Crippen MR) is 153 cm³/mol. The van der Waals surface area contributed by atoms with Crippen molar-refractivity contribution in [2.24, 2.45) is 0 Å². The summed E-state index contributed by atoms with van der Waals surface area (Å²) in [6.07, 6.45) is 2.89. The van der Waals surface area contributed by atoms with E-state index in [1.807, 2.05) is 24.3 Å². The fraction of sp³-hybridized carbons (Fsp3) is 0.250. The van der Waals surface area contributed by atoms with E-state index in [0.29, 0.717) is 50.4 Å². The van der Waals surface area contributed by atoms with Gasteiger partial charge in [0.2, 0.25) is 5.91 Å². The first-order chi connectivity index (χ1) is 19.0. The molecule has 11 heteroatoms. The SMILES string of the molecule is COc1cc(Nc2nc3ccccc3nc2NS(=O)c2cccc(NC(=O)C3CCCCN3)c2)cc(OC)c1. The average Bonchev–Trinajstić information content (AvgIpc) is 2.97. The Kier molecular flexibility index (Phi) is 8.18. The molecule has 2 unspecified atom stereocenters. The smallest absolute Gasteiger partial charge is 0.241 e. The molecule has 1 aliphatic rings. The van der Waals surface area contributed by atoms with Gasteiger partial charge in [0.05, 0.1) is 36.2 Å². The van der Waals surface area contributed by atoms with E-state index in [0.717, 1.165) is 25.8 Å². The van der Waals surface area contributed by atoms with Crippen molar-refractivity contribution >= 4 is 50.9 Å². The van der Waals surface area contributed by atoms with Crippen LogP contribution in [0.2, 0.25) is 0 Å². The van der Waals surface area contributed by atoms with E-state index >= 15 is 0 Å². The Hall–Kier alpha value is -4.22. The monoisotopic (exact) mass is 546 g/mol. The number of amides is 1. The molecule has 0 saturated carbocycles. The fourth-order valence-corrected chi connectivity index (χ4v) is 5.19. The molecular weight excluding hydrogens is 516 g/mol. The van der Waals surface area contributed by atoms with Crippen molar-refractivity contribution in [3.63, 3.8) is 0 Å². The molecule has 1 saturated heterocycles. The molecule has 5 rings (SSSR count). The topological polar surface area (TPSA) is 127 Å². The number of nitrogens with zero attached hydrogens (tertiary/aromatic N) is 2. The molecule has 4 N–H and O–H groups in total. The number of rotatable bonds is 9. The number of hydrogen-bond donors (Lipinski definition) is 4. The molecule has 1 amide bonds. The predicted octanol–water partition coefficient (Wildman–Crippen LogP) is 4.61. The molecule has 3 aromatic carbocycles. The van der Waals surface area contributed by atoms with Crippen molar-refractivity contribution in [2.45, 2.75) is 30.2 Å². The number of nitrogens with one attached hydrogen (secondary N) is 4. The maximum Gasteiger partial charge on any atom is 0.241 e. The second-order valence-electron chi connectivity index (χ2n) is 9.03. The van der Waals surface area contributed by atoms with Crippen LogP contribution in [0.25, 0.3) is 11.0 Å². The van der Waals surface area contributed by atoms with Crippen molar-refractivity contribution < 1.29 is 18.5 Å². The molecule has 1 fully saturated rings. The third kappa shape index (κ3) is 6.44. The summed E-state index contributed by atoms with van der Waals surface area (Å²) in [5.74, 6) is 1.79. The number of piperidine rings is 1. The van der Waals surface area contributed by atoms with E-state index in [1.165, 1.54) is 0 Å². The van der Waals surface area contributed by atoms with Crippen molar-refractivity contribution in [3.05, 3.63) is 66.7 Å². The van der Waals surface area contributed by atoms with E-state index in [1.54, 1.807) is 56.7 Å². The molecule has 2 heterocycles. The molecule has 1 aromatic heterocycles. The molecule has 0 spiro atoms. The molecule has 39 heavy (non-hydrogen) atoms. The van der Waals surface area contributed by atoms with Crippen LogP contribution in [0.15, 0.2) is 71.6 Å². The molecule has 10 nitrogen and oxygen atoms in total. The molecule has 202 valence electrons. The summed E-state index contributed by atoms with van der Waals surface area (Å²) in [6, 6.07) is 19.5. The third-order valence-corrected chi connectivity index (χ3v) is 7.38. The van der Waals surface area contributed by atoms with Crippen molar-refractivity contribution in [1.29, 1.82) is 0 Å². The van der Waals surface area contributed by atoms with E-state index in [4.69, 9.17) is 14.5 Å². The van der Waals surface area contributed by atoms with E-state index in [-0.39, 0.29) is 11.9 Å². The third-order valence-electron chi connectivity index (χ3n) is 6.32. The minimum atomic E-state index is -1.70. The lowest BCUT2D eigenvalue weighted by molar-refractivity contribution is -0.118. The largest absolute Gasteiger partial charge is 0.497 e. The summed E-state index contributed by atoms with van der Waals surface area (Å²) in [4.78, 5) is 22.5. The second-order valence-corrected chi connectivity index (χ2v) is 10.2. The summed E-state index contributed by atoms with van der Waals surface area (Å²) in [7, 11) is 1.46. The van der Waals surface area contributed by atoms with Crippen LogP contribution in [0.4, 0.5) is 23.0 Å². The number of carbonyl (C=O) groups is 1. The van der Waals surface area contributed by atoms with Gasteiger partial charge in [0.1, 0.15) is 11.5 Å². The maximum atomic E-state index is 13.4. The van der Waals surface area contributed by atoms with Crippen molar-refractivity contribution in [1.82, 2.24) is 15.3 Å². The van der Waals surface area contributed by atoms with Crippen LogP contribution >= 0.6 is 0 Å². The Labute approximate surface area is 229 Å². The number of anilines is 4. The number of para-hydroxylation sites is 2. The number of carbonyl (C=O) groups excluding carboxylic acids is 1. The minimum Gasteiger partial charge on any atom is -0.497 e. The summed E-state index contributed by atoms with van der Waals surface area (Å²) in [5.41, 5.74) is 2.55. The van der Waals surface area contributed by atoms with Gasteiger partial charge in [-0.1, -0.05) is 24.6 Å². The highest BCUT2D eigenvalue weighted by atomic mass is 32.2. The van der Waals surface area contributed by atoms with Gasteiger partial charge in [0, 0.05) is 29.6 Å². The van der Waals surface area contributed by atoms with Gasteiger partial charge in [-0.15, -0.1) is 0 Å². The van der Waals surface area contributed by atoms with E-state index < -0.39 is 11.0 Å². The molecule has 2 atom stereocenters. The molecule has 4 aromatic rings. The first-order valence-electron chi connectivity index (χ1n) is 12.6. The summed E-state index contributed by atoms with van der Waals surface area (Å²) in [6.45, 7) is 0.831. The highest BCUT2D eigenvalue weighted by Gasteiger charge is 2.21. The zero-order valence-corrected chi connectivity index (χ0v) is 22.5. The Morgan fingerprint density at radius 3 is 2.28 bits per heavy atom. The van der Waals surface area contributed by atoms with Crippen LogP contribution < -0.4 is 30.1 Å². The number of aromatic nitrogens is 2. The van der Waals surface area contributed by atoms with Crippen molar-refractivity contribution in [2.75, 3.05) is 36.1 Å². The number of ether oxygens (including phenoxy) is 2. The summed E-state index contributed by atoms with van der Waals surface area (Å²) in [5, 5.41) is 9.43. The summed E-state index contributed by atoms with van der Waals surface area (Å²) >= 11 is 0. The number of benzene rings is 3. The molecular formula is C28H30N6O4S. The van der Waals surface area contributed by atoms with E-state index in [9.17, 15) is 9.00 Å². The van der Waals surface area contributed by atoms with Crippen LogP contribution in [0.3, 0.4) is 0 Å². The van der Waals surface area contributed by atoms with Gasteiger partial charge in [0.15, 0.2) is 22.6 Å². The highest BCUT2D eigenvalue weighted by molar-refractivity contribution is 7.86. The van der Waals surface area contributed by atoms with Crippen LogP contribution in [0.1, 0.15) is 19.3 Å². The van der Waals surface area contributed by atoms with Crippen molar-refractivity contribution in [3.8, 4) is 11.5 Å². The zero-order valence-electron chi connectivity index (χ0n) is 21.7. The van der Waals surface area contributed by atoms with Gasteiger partial charge in [0.25, 0.3) is 0 Å². The average molecular weight is 547 g/mol. The maximum absolute atomic E-state index is 13.4. The van der Waals surface area contributed by atoms with Gasteiger partial charge in [-0.3, -0.25) is 9.52 Å². The number of methoxy groups -OCH3 is 2. The van der Waals surface area contributed by atoms with Crippen LogP contribution in [-0.2, 0) is 15.8 Å². The summed E-state index contributed by atoms with van der Waals surface area (Å²) < 4.78 is 27.2. The first-order valence-corrected chi connectivity index (χ1v) is 13.8.